The highest BCUT2D eigenvalue weighted by Crippen LogP contribution is 2.22. The average molecular weight is 290 g/mol. The number of ether oxygens (including phenoxy) is 1. The number of furan rings is 1. The van der Waals surface area contributed by atoms with Crippen molar-refractivity contribution in [3.05, 3.63) is 22.6 Å². The predicted octanol–water partition coefficient (Wildman–Crippen LogP) is 1.84. The van der Waals surface area contributed by atoms with Crippen LogP contribution in [0.25, 0.3) is 0 Å². The molecule has 0 unspecified atom stereocenters. The summed E-state index contributed by atoms with van der Waals surface area (Å²) in [5, 5.41) is 13.3. The molecule has 1 aromatic rings. The SMILES string of the molecule is C[C@@H](NC[C@@]1(O)CCOC1)c1ccc(Br)o1. The van der Waals surface area contributed by atoms with Crippen molar-refractivity contribution in [2.24, 2.45) is 0 Å². The van der Waals surface area contributed by atoms with E-state index in [1.165, 1.54) is 0 Å². The van der Waals surface area contributed by atoms with Crippen molar-refractivity contribution < 1.29 is 14.3 Å². The third-order valence-corrected chi connectivity index (χ3v) is 3.27. The van der Waals surface area contributed by atoms with E-state index in [-0.39, 0.29) is 6.04 Å². The fourth-order valence-corrected chi connectivity index (χ4v) is 2.06. The van der Waals surface area contributed by atoms with Gasteiger partial charge in [0.1, 0.15) is 11.4 Å². The first-order chi connectivity index (χ1) is 7.59. The summed E-state index contributed by atoms with van der Waals surface area (Å²) in [7, 11) is 0. The maximum Gasteiger partial charge on any atom is 0.169 e. The first-order valence-electron chi connectivity index (χ1n) is 5.38. The second-order valence-corrected chi connectivity index (χ2v) is 5.05. The van der Waals surface area contributed by atoms with Crippen LogP contribution in [0.5, 0.6) is 0 Å². The number of hydrogen-bond acceptors (Lipinski definition) is 4. The van der Waals surface area contributed by atoms with Gasteiger partial charge < -0.3 is 19.6 Å². The molecule has 0 aromatic carbocycles. The largest absolute Gasteiger partial charge is 0.453 e. The molecule has 0 amide bonds. The predicted molar refractivity (Wildman–Crippen MR) is 63.2 cm³/mol. The van der Waals surface area contributed by atoms with Gasteiger partial charge in [-0.25, -0.2) is 0 Å². The van der Waals surface area contributed by atoms with Crippen molar-refractivity contribution in [3.63, 3.8) is 0 Å². The van der Waals surface area contributed by atoms with Gasteiger partial charge in [-0.1, -0.05) is 0 Å². The Labute approximate surface area is 103 Å². The van der Waals surface area contributed by atoms with Gasteiger partial charge in [-0.2, -0.15) is 0 Å². The molecule has 2 N–H and O–H groups in total. The maximum atomic E-state index is 10.1. The Kier molecular flexibility index (Phi) is 3.69. The molecule has 90 valence electrons. The van der Waals surface area contributed by atoms with E-state index in [0.717, 1.165) is 10.4 Å². The molecule has 0 bridgehead atoms. The van der Waals surface area contributed by atoms with Gasteiger partial charge in [0.2, 0.25) is 0 Å². The zero-order valence-corrected chi connectivity index (χ0v) is 10.8. The van der Waals surface area contributed by atoms with Crippen molar-refractivity contribution in [2.45, 2.75) is 25.0 Å². The normalized spacial score (nSPS) is 27.2. The Morgan fingerprint density at radius 1 is 1.62 bits per heavy atom. The average Bonchev–Trinajstić information content (AvgIpc) is 2.85. The van der Waals surface area contributed by atoms with Gasteiger partial charge >= 0.3 is 0 Å². The Morgan fingerprint density at radius 3 is 3.00 bits per heavy atom. The maximum absolute atomic E-state index is 10.1. The second kappa shape index (κ2) is 4.87. The van der Waals surface area contributed by atoms with Crippen molar-refractivity contribution in [1.29, 1.82) is 0 Å². The quantitative estimate of drug-likeness (QED) is 0.888. The summed E-state index contributed by atoms with van der Waals surface area (Å²) >= 11 is 3.26. The first kappa shape index (κ1) is 12.1. The molecule has 2 rings (SSSR count). The van der Waals surface area contributed by atoms with E-state index in [0.29, 0.717) is 26.2 Å². The molecule has 5 heteroatoms. The van der Waals surface area contributed by atoms with Crippen LogP contribution in [0.4, 0.5) is 0 Å². The molecule has 1 fully saturated rings. The summed E-state index contributed by atoms with van der Waals surface area (Å²) in [5.74, 6) is 0.856. The van der Waals surface area contributed by atoms with E-state index in [2.05, 4.69) is 21.2 Å². The van der Waals surface area contributed by atoms with Crippen LogP contribution in [0.1, 0.15) is 25.1 Å². The minimum Gasteiger partial charge on any atom is -0.453 e. The minimum atomic E-state index is -0.724. The zero-order chi connectivity index (χ0) is 11.6. The van der Waals surface area contributed by atoms with Gasteiger partial charge in [0.25, 0.3) is 0 Å². The van der Waals surface area contributed by atoms with E-state index >= 15 is 0 Å². The molecule has 1 aliphatic heterocycles. The van der Waals surface area contributed by atoms with Gasteiger partial charge in [0.15, 0.2) is 4.67 Å². The van der Waals surface area contributed by atoms with Crippen LogP contribution in [0.2, 0.25) is 0 Å². The lowest BCUT2D eigenvalue weighted by atomic mass is 10.0. The van der Waals surface area contributed by atoms with Gasteiger partial charge in [0.05, 0.1) is 12.6 Å². The molecule has 2 heterocycles. The third-order valence-electron chi connectivity index (χ3n) is 2.84. The molecule has 1 aromatic heterocycles. The second-order valence-electron chi connectivity index (χ2n) is 4.27. The Balaban J connectivity index is 1.86. The summed E-state index contributed by atoms with van der Waals surface area (Å²) in [6.45, 7) is 3.57. The van der Waals surface area contributed by atoms with Gasteiger partial charge in [-0.15, -0.1) is 0 Å². The lowest BCUT2D eigenvalue weighted by Crippen LogP contribution is -2.41. The Bertz CT molecular complexity index is 347. The van der Waals surface area contributed by atoms with Crippen LogP contribution in [0, 0.1) is 0 Å². The van der Waals surface area contributed by atoms with E-state index in [1.807, 2.05) is 19.1 Å². The minimum absolute atomic E-state index is 0.0796. The highest BCUT2D eigenvalue weighted by molar-refractivity contribution is 9.10. The summed E-state index contributed by atoms with van der Waals surface area (Å²) in [6, 6.07) is 3.86. The number of hydrogen-bond donors (Lipinski definition) is 2. The van der Waals surface area contributed by atoms with Crippen LogP contribution in [-0.2, 0) is 4.74 Å². The molecule has 0 radical (unpaired) electrons. The van der Waals surface area contributed by atoms with E-state index in [9.17, 15) is 5.11 Å². The van der Waals surface area contributed by atoms with Crippen LogP contribution in [0.3, 0.4) is 0 Å². The fraction of sp³-hybridized carbons (Fsp3) is 0.636. The Morgan fingerprint density at radius 2 is 2.44 bits per heavy atom. The smallest absolute Gasteiger partial charge is 0.169 e. The topological polar surface area (TPSA) is 54.6 Å². The van der Waals surface area contributed by atoms with E-state index in [1.54, 1.807) is 0 Å². The molecule has 0 aliphatic carbocycles. The molecule has 4 nitrogen and oxygen atoms in total. The van der Waals surface area contributed by atoms with Gasteiger partial charge in [0, 0.05) is 19.6 Å². The van der Waals surface area contributed by atoms with Gasteiger partial charge in [-0.05, 0) is 35.0 Å². The van der Waals surface area contributed by atoms with Crippen LogP contribution >= 0.6 is 15.9 Å². The fourth-order valence-electron chi connectivity index (χ4n) is 1.74. The van der Waals surface area contributed by atoms with Crippen LogP contribution < -0.4 is 5.32 Å². The summed E-state index contributed by atoms with van der Waals surface area (Å²) < 4.78 is 11.3. The van der Waals surface area contributed by atoms with Crippen LogP contribution in [-0.4, -0.2) is 30.5 Å². The molecule has 1 saturated heterocycles. The van der Waals surface area contributed by atoms with E-state index < -0.39 is 5.60 Å². The molecular weight excluding hydrogens is 274 g/mol. The number of aliphatic hydroxyl groups is 1. The monoisotopic (exact) mass is 289 g/mol. The standard InChI is InChI=1S/C11H16BrNO3/c1-8(9-2-3-10(12)16-9)13-6-11(14)4-5-15-7-11/h2-3,8,13-14H,4-7H2,1H3/t8-,11+/m1/s1. The summed E-state index contributed by atoms with van der Waals surface area (Å²) in [6.07, 6.45) is 0.689. The molecular formula is C11H16BrNO3. The van der Waals surface area contributed by atoms with Crippen molar-refractivity contribution in [3.8, 4) is 0 Å². The summed E-state index contributed by atoms with van der Waals surface area (Å²) in [5.41, 5.74) is -0.724. The molecule has 1 aliphatic rings. The summed E-state index contributed by atoms with van der Waals surface area (Å²) in [4.78, 5) is 0. The molecule has 0 saturated carbocycles. The molecule has 0 spiro atoms. The lowest BCUT2D eigenvalue weighted by molar-refractivity contribution is 0.0247. The third kappa shape index (κ3) is 2.85. The number of rotatable bonds is 4. The van der Waals surface area contributed by atoms with E-state index in [4.69, 9.17) is 9.15 Å². The zero-order valence-electron chi connectivity index (χ0n) is 9.20. The van der Waals surface area contributed by atoms with Crippen molar-refractivity contribution in [2.75, 3.05) is 19.8 Å². The molecule has 2 atom stereocenters. The van der Waals surface area contributed by atoms with Gasteiger partial charge in [-0.3, -0.25) is 0 Å². The highest BCUT2D eigenvalue weighted by atomic mass is 79.9. The Hall–Kier alpha value is -0.360. The number of halogens is 1. The van der Waals surface area contributed by atoms with Crippen molar-refractivity contribution in [1.82, 2.24) is 5.32 Å². The number of nitrogens with one attached hydrogen (secondary N) is 1. The highest BCUT2D eigenvalue weighted by Gasteiger charge is 2.32. The first-order valence-corrected chi connectivity index (χ1v) is 6.17. The van der Waals surface area contributed by atoms with Crippen molar-refractivity contribution >= 4 is 15.9 Å². The molecule has 16 heavy (non-hydrogen) atoms. The van der Waals surface area contributed by atoms with Crippen LogP contribution in [0.15, 0.2) is 21.2 Å². The lowest BCUT2D eigenvalue weighted by Gasteiger charge is -2.22.